The first-order valence-electron chi connectivity index (χ1n) is 4.72. The number of benzene rings is 1. The predicted octanol–water partition coefficient (Wildman–Crippen LogP) is 3.47. The van der Waals surface area contributed by atoms with Gasteiger partial charge in [0.05, 0.1) is 26.8 Å². The van der Waals surface area contributed by atoms with Crippen LogP contribution in [-0.4, -0.2) is 20.3 Å². The van der Waals surface area contributed by atoms with E-state index in [-0.39, 0.29) is 10.0 Å². The number of sulfone groups is 1. The Labute approximate surface area is 117 Å². The van der Waals surface area contributed by atoms with Crippen LogP contribution in [0.5, 0.6) is 0 Å². The van der Waals surface area contributed by atoms with Gasteiger partial charge in [0.1, 0.15) is 0 Å². The first-order chi connectivity index (χ1) is 8.58. The second-order valence-corrected chi connectivity index (χ2v) is 6.43. The first-order valence-corrected chi connectivity index (χ1v) is 7.13. The maximum absolute atomic E-state index is 12.4. The molecule has 0 radical (unpaired) electrons. The Hall–Kier alpha value is -0.970. The van der Waals surface area contributed by atoms with E-state index in [9.17, 15) is 21.6 Å². The molecule has 1 rings (SSSR count). The minimum Gasteiger partial charge on any atom is -0.224 e. The molecule has 1 aromatic carbocycles. The number of nitrogens with zero attached hydrogens (tertiary/aromatic N) is 1. The lowest BCUT2D eigenvalue weighted by Gasteiger charge is -2.13. The van der Waals surface area contributed by atoms with E-state index in [1.165, 1.54) is 0 Å². The van der Waals surface area contributed by atoms with Gasteiger partial charge in [-0.15, -0.1) is 0 Å². The van der Waals surface area contributed by atoms with Crippen molar-refractivity contribution < 1.29 is 21.6 Å². The first kappa shape index (κ1) is 16.1. The van der Waals surface area contributed by atoms with E-state index in [1.807, 2.05) is 0 Å². The highest BCUT2D eigenvalue weighted by atomic mass is 35.5. The molecule has 0 fully saturated rings. The van der Waals surface area contributed by atoms with Gasteiger partial charge in [0.2, 0.25) is 0 Å². The third-order valence-electron chi connectivity index (χ3n) is 2.19. The van der Waals surface area contributed by atoms with Crippen molar-refractivity contribution in [2.75, 3.05) is 5.75 Å². The second-order valence-electron chi connectivity index (χ2n) is 3.58. The summed E-state index contributed by atoms with van der Waals surface area (Å²) in [6, 6.07) is 4.07. The van der Waals surface area contributed by atoms with Crippen LogP contribution in [0.2, 0.25) is 10.0 Å². The minimum atomic E-state index is -4.90. The van der Waals surface area contributed by atoms with Gasteiger partial charge in [-0.3, -0.25) is 0 Å². The zero-order valence-corrected chi connectivity index (χ0v) is 11.4. The molecule has 0 aliphatic carbocycles. The Morgan fingerprint density at radius 1 is 1.26 bits per heavy atom. The van der Waals surface area contributed by atoms with Crippen LogP contribution in [0.25, 0.3) is 0 Å². The van der Waals surface area contributed by atoms with Crippen LogP contribution < -0.4 is 0 Å². The van der Waals surface area contributed by atoms with Crippen LogP contribution in [0.3, 0.4) is 0 Å². The molecule has 0 N–H and O–H groups in total. The zero-order valence-electron chi connectivity index (χ0n) is 9.08. The lowest BCUT2D eigenvalue weighted by Crippen LogP contribution is -2.28. The van der Waals surface area contributed by atoms with Crippen LogP contribution in [0, 0.1) is 17.2 Å². The largest absolute Gasteiger partial charge is 0.405 e. The Morgan fingerprint density at radius 3 is 2.26 bits per heavy atom. The van der Waals surface area contributed by atoms with Crippen LogP contribution in [-0.2, 0) is 9.84 Å². The quantitative estimate of drug-likeness (QED) is 0.852. The molecule has 1 unspecified atom stereocenters. The molecule has 0 aliphatic rings. The molecule has 0 aromatic heterocycles. The average Bonchev–Trinajstić information content (AvgIpc) is 2.28. The summed E-state index contributed by atoms with van der Waals surface area (Å²) >= 11 is 11.2. The summed E-state index contributed by atoms with van der Waals surface area (Å²) in [5.41, 5.74) is 0. The van der Waals surface area contributed by atoms with E-state index < -0.39 is 32.6 Å². The molecule has 9 heteroatoms. The van der Waals surface area contributed by atoms with E-state index in [4.69, 9.17) is 28.5 Å². The van der Waals surface area contributed by atoms with Crippen molar-refractivity contribution in [2.45, 2.75) is 11.1 Å². The van der Waals surface area contributed by atoms with Crippen molar-refractivity contribution in [1.29, 1.82) is 5.26 Å². The molecule has 0 aliphatic heterocycles. The Balaban J connectivity index is 3.12. The standard InChI is InChI=1S/C10H6Cl2F3NO2S/c11-8-2-1-7(3-9(8)12)19(17,18)5-6(4-16)10(13,14)15/h1-3,6H,5H2. The summed E-state index contributed by atoms with van der Waals surface area (Å²) in [6.07, 6.45) is -4.90. The van der Waals surface area contributed by atoms with Crippen molar-refractivity contribution in [1.82, 2.24) is 0 Å². The van der Waals surface area contributed by atoms with E-state index in [2.05, 4.69) is 0 Å². The van der Waals surface area contributed by atoms with Crippen molar-refractivity contribution in [3.63, 3.8) is 0 Å². The molecule has 1 aromatic rings. The number of hydrogen-bond acceptors (Lipinski definition) is 3. The van der Waals surface area contributed by atoms with E-state index >= 15 is 0 Å². The van der Waals surface area contributed by atoms with E-state index in [1.54, 1.807) is 0 Å². The maximum atomic E-state index is 12.4. The molecule has 104 valence electrons. The highest BCUT2D eigenvalue weighted by Crippen LogP contribution is 2.30. The summed E-state index contributed by atoms with van der Waals surface area (Å²) < 4.78 is 60.6. The lowest BCUT2D eigenvalue weighted by atomic mass is 10.2. The van der Waals surface area contributed by atoms with Gasteiger partial charge in [0, 0.05) is 0 Å². The van der Waals surface area contributed by atoms with Crippen molar-refractivity contribution in [2.24, 2.45) is 5.92 Å². The lowest BCUT2D eigenvalue weighted by molar-refractivity contribution is -0.153. The number of alkyl halides is 3. The summed E-state index contributed by atoms with van der Waals surface area (Å²) in [6.45, 7) is 0. The summed E-state index contributed by atoms with van der Waals surface area (Å²) in [5.74, 6) is -3.95. The number of rotatable bonds is 3. The van der Waals surface area contributed by atoms with Crippen molar-refractivity contribution in [3.8, 4) is 6.07 Å². The van der Waals surface area contributed by atoms with Crippen molar-refractivity contribution >= 4 is 33.0 Å². The third kappa shape index (κ3) is 4.00. The summed E-state index contributed by atoms with van der Waals surface area (Å²) in [4.78, 5) is -0.411. The normalized spacial score (nSPS) is 13.9. The van der Waals surface area contributed by atoms with Gasteiger partial charge in [-0.1, -0.05) is 23.2 Å². The van der Waals surface area contributed by atoms with Gasteiger partial charge in [-0.2, -0.15) is 18.4 Å². The molecular weight excluding hydrogens is 326 g/mol. The summed E-state index contributed by atoms with van der Waals surface area (Å²) in [7, 11) is -4.28. The number of nitriles is 1. The molecule has 0 heterocycles. The van der Waals surface area contributed by atoms with Crippen molar-refractivity contribution in [3.05, 3.63) is 28.2 Å². The van der Waals surface area contributed by atoms with Crippen LogP contribution in [0.4, 0.5) is 13.2 Å². The minimum absolute atomic E-state index is 0.0771. The van der Waals surface area contributed by atoms with Gasteiger partial charge < -0.3 is 0 Å². The molecule has 0 saturated heterocycles. The number of halogens is 5. The Kier molecular flexibility index (Phi) is 4.72. The molecule has 0 amide bonds. The topological polar surface area (TPSA) is 57.9 Å². The molecule has 0 bridgehead atoms. The fourth-order valence-electron chi connectivity index (χ4n) is 1.19. The molecule has 19 heavy (non-hydrogen) atoms. The molecular formula is C10H6Cl2F3NO2S. The fourth-order valence-corrected chi connectivity index (χ4v) is 3.02. The Bertz CT molecular complexity index is 623. The number of hydrogen-bond donors (Lipinski definition) is 0. The van der Waals surface area contributed by atoms with Crippen LogP contribution in [0.15, 0.2) is 23.1 Å². The predicted molar refractivity (Wildman–Crippen MR) is 63.7 cm³/mol. The van der Waals surface area contributed by atoms with Gasteiger partial charge in [-0.05, 0) is 18.2 Å². The third-order valence-corrected chi connectivity index (χ3v) is 4.67. The highest BCUT2D eigenvalue weighted by molar-refractivity contribution is 7.91. The van der Waals surface area contributed by atoms with Gasteiger partial charge >= 0.3 is 6.18 Å². The average molecular weight is 332 g/mol. The Morgan fingerprint density at radius 2 is 1.84 bits per heavy atom. The highest BCUT2D eigenvalue weighted by Gasteiger charge is 2.43. The van der Waals surface area contributed by atoms with Gasteiger partial charge in [0.25, 0.3) is 0 Å². The van der Waals surface area contributed by atoms with Gasteiger partial charge in [-0.25, -0.2) is 8.42 Å². The van der Waals surface area contributed by atoms with Crippen LogP contribution in [0.1, 0.15) is 0 Å². The SMILES string of the molecule is N#CC(CS(=O)(=O)c1ccc(Cl)c(Cl)c1)C(F)(F)F. The molecule has 1 atom stereocenters. The smallest absolute Gasteiger partial charge is 0.224 e. The second kappa shape index (κ2) is 5.57. The van der Waals surface area contributed by atoms with Gasteiger partial charge in [0.15, 0.2) is 15.8 Å². The molecule has 3 nitrogen and oxygen atoms in total. The summed E-state index contributed by atoms with van der Waals surface area (Å²) in [5, 5.41) is 8.37. The zero-order chi connectivity index (χ0) is 14.8. The fraction of sp³-hybridized carbons (Fsp3) is 0.300. The molecule has 0 saturated carbocycles. The monoisotopic (exact) mass is 331 g/mol. The van der Waals surface area contributed by atoms with Crippen LogP contribution >= 0.6 is 23.2 Å². The molecule has 0 spiro atoms. The van der Waals surface area contributed by atoms with E-state index in [0.29, 0.717) is 0 Å². The van der Waals surface area contributed by atoms with E-state index in [0.717, 1.165) is 24.3 Å². The maximum Gasteiger partial charge on any atom is 0.405 e.